The van der Waals surface area contributed by atoms with Crippen molar-refractivity contribution in [1.82, 2.24) is 10.6 Å². The Balaban J connectivity index is 2.93. The van der Waals surface area contributed by atoms with Gasteiger partial charge in [0.25, 0.3) is 0 Å². The molecule has 0 heterocycles. The molecule has 1 aromatic rings. The number of rotatable bonds is 7. The molecule has 0 fully saturated rings. The molecule has 0 saturated carbocycles. The fraction of sp³-hybridized carbons (Fsp3) is 0.600. The highest BCUT2D eigenvalue weighted by atomic mass is 16.5. The Morgan fingerprint density at radius 2 is 1.83 bits per heavy atom. The van der Waals surface area contributed by atoms with Gasteiger partial charge in [-0.25, -0.2) is 0 Å². The van der Waals surface area contributed by atoms with Crippen molar-refractivity contribution in [3.63, 3.8) is 0 Å². The summed E-state index contributed by atoms with van der Waals surface area (Å²) in [6, 6.07) is 4.73. The second-order valence-corrected chi connectivity index (χ2v) is 4.77. The van der Waals surface area contributed by atoms with Gasteiger partial charge in [0.1, 0.15) is 5.75 Å². The maximum Gasteiger partial charge on any atom is 0.123 e. The molecule has 0 aliphatic carbocycles. The predicted molar refractivity (Wildman–Crippen MR) is 77.4 cm³/mol. The third-order valence-corrected chi connectivity index (χ3v) is 3.49. The molecule has 0 aliphatic heterocycles. The second-order valence-electron chi connectivity index (χ2n) is 4.77. The van der Waals surface area contributed by atoms with E-state index >= 15 is 0 Å². The molecular weight excluding hydrogens is 224 g/mol. The zero-order chi connectivity index (χ0) is 13.5. The summed E-state index contributed by atoms with van der Waals surface area (Å²) in [5, 5.41) is 6.58. The highest BCUT2D eigenvalue weighted by Crippen LogP contribution is 2.30. The summed E-state index contributed by atoms with van der Waals surface area (Å²) in [5.41, 5.74) is 3.86. The standard InChI is InChI=1S/C15H26N2O/c1-11-9-13(15(18-5)10-12(11)2)14(17-4)7-6-8-16-3/h9-10,14,16-17H,6-8H2,1-5H3. The minimum absolute atomic E-state index is 0.354. The Hall–Kier alpha value is -1.06. The van der Waals surface area contributed by atoms with E-state index in [9.17, 15) is 0 Å². The number of aryl methyl sites for hydroxylation is 2. The van der Waals surface area contributed by atoms with Gasteiger partial charge in [0, 0.05) is 11.6 Å². The number of ether oxygens (including phenoxy) is 1. The van der Waals surface area contributed by atoms with Crippen LogP contribution in [0.15, 0.2) is 12.1 Å². The molecule has 3 nitrogen and oxygen atoms in total. The van der Waals surface area contributed by atoms with E-state index in [2.05, 4.69) is 36.6 Å². The minimum atomic E-state index is 0.354. The van der Waals surface area contributed by atoms with Gasteiger partial charge in [-0.2, -0.15) is 0 Å². The fourth-order valence-electron chi connectivity index (χ4n) is 2.20. The van der Waals surface area contributed by atoms with Crippen LogP contribution in [0, 0.1) is 13.8 Å². The van der Waals surface area contributed by atoms with Gasteiger partial charge in [-0.05, 0) is 64.5 Å². The molecule has 102 valence electrons. The van der Waals surface area contributed by atoms with E-state index in [1.807, 2.05) is 14.1 Å². The molecule has 0 amide bonds. The first-order chi connectivity index (χ1) is 8.63. The Morgan fingerprint density at radius 3 is 2.39 bits per heavy atom. The van der Waals surface area contributed by atoms with Gasteiger partial charge in [0.05, 0.1) is 7.11 Å². The lowest BCUT2D eigenvalue weighted by molar-refractivity contribution is 0.396. The topological polar surface area (TPSA) is 33.3 Å². The van der Waals surface area contributed by atoms with Crippen molar-refractivity contribution < 1.29 is 4.74 Å². The van der Waals surface area contributed by atoms with Crippen molar-refractivity contribution in [3.8, 4) is 5.75 Å². The number of hydrogen-bond acceptors (Lipinski definition) is 3. The van der Waals surface area contributed by atoms with Crippen molar-refractivity contribution >= 4 is 0 Å². The van der Waals surface area contributed by atoms with Crippen LogP contribution < -0.4 is 15.4 Å². The third-order valence-electron chi connectivity index (χ3n) is 3.49. The predicted octanol–water partition coefficient (Wildman–Crippen LogP) is 2.57. The molecule has 3 heteroatoms. The molecule has 1 rings (SSSR count). The molecule has 0 saturated heterocycles. The van der Waals surface area contributed by atoms with E-state index in [0.717, 1.165) is 25.1 Å². The van der Waals surface area contributed by atoms with E-state index in [1.165, 1.54) is 16.7 Å². The van der Waals surface area contributed by atoms with Crippen molar-refractivity contribution in [3.05, 3.63) is 28.8 Å². The SMILES string of the molecule is CNCCCC(NC)c1cc(C)c(C)cc1OC. The van der Waals surface area contributed by atoms with E-state index in [1.54, 1.807) is 7.11 Å². The number of methoxy groups -OCH3 is 1. The lowest BCUT2D eigenvalue weighted by atomic mass is 9.96. The van der Waals surface area contributed by atoms with Crippen LogP contribution in [0.5, 0.6) is 5.75 Å². The molecule has 0 spiro atoms. The molecule has 0 aliphatic rings. The molecule has 18 heavy (non-hydrogen) atoms. The normalized spacial score (nSPS) is 12.5. The van der Waals surface area contributed by atoms with Crippen molar-refractivity contribution in [2.75, 3.05) is 27.7 Å². The smallest absolute Gasteiger partial charge is 0.123 e. The zero-order valence-corrected chi connectivity index (χ0v) is 12.3. The molecule has 0 bridgehead atoms. The van der Waals surface area contributed by atoms with Crippen LogP contribution in [0.25, 0.3) is 0 Å². The third kappa shape index (κ3) is 3.72. The average Bonchev–Trinajstić information content (AvgIpc) is 2.38. The summed E-state index contributed by atoms with van der Waals surface area (Å²) < 4.78 is 5.51. The van der Waals surface area contributed by atoms with Gasteiger partial charge in [0.2, 0.25) is 0 Å². The second kappa shape index (κ2) is 7.39. The van der Waals surface area contributed by atoms with Gasteiger partial charge in [-0.3, -0.25) is 0 Å². The lowest BCUT2D eigenvalue weighted by Gasteiger charge is -2.21. The Kier molecular flexibility index (Phi) is 6.16. The van der Waals surface area contributed by atoms with Gasteiger partial charge in [-0.1, -0.05) is 6.07 Å². The van der Waals surface area contributed by atoms with Gasteiger partial charge in [0.15, 0.2) is 0 Å². The van der Waals surface area contributed by atoms with Crippen LogP contribution in [0.1, 0.15) is 35.6 Å². The summed E-state index contributed by atoms with van der Waals surface area (Å²) in [6.07, 6.45) is 2.26. The molecule has 1 unspecified atom stereocenters. The number of benzene rings is 1. The van der Waals surface area contributed by atoms with E-state index < -0.39 is 0 Å². The van der Waals surface area contributed by atoms with Gasteiger partial charge in [-0.15, -0.1) is 0 Å². The molecule has 0 aromatic heterocycles. The summed E-state index contributed by atoms with van der Waals surface area (Å²) in [7, 11) is 5.75. The number of hydrogen-bond donors (Lipinski definition) is 2. The average molecular weight is 250 g/mol. The molecular formula is C15H26N2O. The van der Waals surface area contributed by atoms with Crippen LogP contribution in [0.4, 0.5) is 0 Å². The fourth-order valence-corrected chi connectivity index (χ4v) is 2.20. The number of nitrogens with one attached hydrogen (secondary N) is 2. The van der Waals surface area contributed by atoms with Crippen LogP contribution in [-0.2, 0) is 0 Å². The van der Waals surface area contributed by atoms with Crippen LogP contribution in [0.3, 0.4) is 0 Å². The first-order valence-corrected chi connectivity index (χ1v) is 6.61. The van der Waals surface area contributed by atoms with Crippen LogP contribution >= 0.6 is 0 Å². The zero-order valence-electron chi connectivity index (χ0n) is 12.3. The minimum Gasteiger partial charge on any atom is -0.496 e. The summed E-state index contributed by atoms with van der Waals surface area (Å²) in [6.45, 7) is 5.32. The van der Waals surface area contributed by atoms with Crippen molar-refractivity contribution in [2.24, 2.45) is 0 Å². The Bertz CT molecular complexity index is 377. The summed E-state index contributed by atoms with van der Waals surface area (Å²) in [4.78, 5) is 0. The highest BCUT2D eigenvalue weighted by molar-refractivity contribution is 5.43. The van der Waals surface area contributed by atoms with Crippen molar-refractivity contribution in [1.29, 1.82) is 0 Å². The monoisotopic (exact) mass is 250 g/mol. The van der Waals surface area contributed by atoms with Crippen LogP contribution in [0.2, 0.25) is 0 Å². The van der Waals surface area contributed by atoms with E-state index in [0.29, 0.717) is 6.04 Å². The summed E-state index contributed by atoms with van der Waals surface area (Å²) >= 11 is 0. The highest BCUT2D eigenvalue weighted by Gasteiger charge is 2.15. The van der Waals surface area contributed by atoms with E-state index in [4.69, 9.17) is 4.74 Å². The van der Waals surface area contributed by atoms with Gasteiger partial charge < -0.3 is 15.4 Å². The Labute approximate surface area is 111 Å². The molecule has 1 atom stereocenters. The molecule has 2 N–H and O–H groups in total. The van der Waals surface area contributed by atoms with Crippen molar-refractivity contribution in [2.45, 2.75) is 32.7 Å². The largest absolute Gasteiger partial charge is 0.496 e. The van der Waals surface area contributed by atoms with Gasteiger partial charge >= 0.3 is 0 Å². The lowest BCUT2D eigenvalue weighted by Crippen LogP contribution is -2.19. The summed E-state index contributed by atoms with van der Waals surface area (Å²) in [5.74, 6) is 0.988. The maximum absolute atomic E-state index is 5.51. The maximum atomic E-state index is 5.51. The Morgan fingerprint density at radius 1 is 1.17 bits per heavy atom. The van der Waals surface area contributed by atoms with E-state index in [-0.39, 0.29) is 0 Å². The first kappa shape index (κ1) is 15.0. The first-order valence-electron chi connectivity index (χ1n) is 6.61. The molecule has 1 aromatic carbocycles. The molecule has 0 radical (unpaired) electrons. The quantitative estimate of drug-likeness (QED) is 0.730. The van der Waals surface area contributed by atoms with Crippen LogP contribution in [-0.4, -0.2) is 27.7 Å².